The van der Waals surface area contributed by atoms with Gasteiger partial charge in [0, 0.05) is 0 Å². The van der Waals surface area contributed by atoms with Gasteiger partial charge in [-0.1, -0.05) is 46.5 Å². The smallest absolute Gasteiger partial charge is 0.332 e. The summed E-state index contributed by atoms with van der Waals surface area (Å²) in [6, 6.07) is 0. The molecule has 0 saturated heterocycles. The number of rotatable bonds is 4. The van der Waals surface area contributed by atoms with E-state index in [4.69, 9.17) is 0 Å². The molecule has 11 heavy (non-hydrogen) atoms. The second kappa shape index (κ2) is 22.4. The molecular formula is C10H23Li. The molecule has 0 aromatic carbocycles. The van der Waals surface area contributed by atoms with Crippen LogP contribution >= 0.6 is 0 Å². The molecule has 0 aromatic heterocycles. The Morgan fingerprint density at radius 3 is 1.27 bits per heavy atom. The van der Waals surface area contributed by atoms with Crippen LogP contribution in [0.1, 0.15) is 59.8 Å². The van der Waals surface area contributed by atoms with E-state index < -0.39 is 0 Å². The van der Waals surface area contributed by atoms with Crippen molar-refractivity contribution in [2.45, 2.75) is 59.8 Å². The summed E-state index contributed by atoms with van der Waals surface area (Å²) in [6.45, 7) is 8.64. The van der Waals surface area contributed by atoms with Crippen molar-refractivity contribution in [1.29, 1.82) is 0 Å². The zero-order chi connectivity index (χ0) is 8.24. The molecule has 0 N–H and O–H groups in total. The monoisotopic (exact) mass is 150 g/mol. The molecule has 0 aromatic rings. The Balaban J connectivity index is -0.000000114. The fraction of sp³-hybridized carbons (Fsp3) is 0.900. The molecule has 64 valence electrons. The van der Waals surface area contributed by atoms with Gasteiger partial charge in [0.2, 0.25) is 0 Å². The Kier molecular flexibility index (Phi) is 35.9. The van der Waals surface area contributed by atoms with Crippen molar-refractivity contribution in [1.82, 2.24) is 0 Å². The van der Waals surface area contributed by atoms with Gasteiger partial charge in [0.1, 0.15) is 0 Å². The summed E-state index contributed by atoms with van der Waals surface area (Å²) in [5.74, 6) is 0. The van der Waals surface area contributed by atoms with Crippen LogP contribution in [0.25, 0.3) is 0 Å². The molecule has 0 aliphatic rings. The van der Waals surface area contributed by atoms with E-state index >= 15 is 0 Å². The predicted molar refractivity (Wildman–Crippen MR) is 50.1 cm³/mol. The summed E-state index contributed by atoms with van der Waals surface area (Å²) in [5.41, 5.74) is 0. The minimum atomic E-state index is 0. The first kappa shape index (κ1) is 17.6. The van der Waals surface area contributed by atoms with Crippen molar-refractivity contribution in [2.75, 3.05) is 0 Å². The van der Waals surface area contributed by atoms with Crippen molar-refractivity contribution < 1.29 is 18.9 Å². The van der Waals surface area contributed by atoms with Crippen molar-refractivity contribution in [2.24, 2.45) is 0 Å². The molecule has 0 aliphatic carbocycles. The van der Waals surface area contributed by atoms with Crippen LogP contribution in [0.5, 0.6) is 0 Å². The first-order valence-electron chi connectivity index (χ1n) is 4.61. The van der Waals surface area contributed by atoms with Crippen molar-refractivity contribution >= 4 is 0 Å². The number of unbranched alkanes of at least 4 members (excludes halogenated alkanes) is 4. The van der Waals surface area contributed by atoms with Gasteiger partial charge in [0.15, 0.2) is 0 Å². The normalized spacial score (nSPS) is 7.64. The van der Waals surface area contributed by atoms with Gasteiger partial charge in [-0.25, -0.2) is 0 Å². The van der Waals surface area contributed by atoms with Gasteiger partial charge in [0.05, 0.1) is 0 Å². The molecule has 0 saturated carbocycles. The molecule has 1 heteroatoms. The average molecular weight is 150 g/mol. The SMILES string of the molecule is CCCCCC.C[CH-]CC.[Li+]. The van der Waals surface area contributed by atoms with Crippen LogP contribution in [0.2, 0.25) is 0 Å². The van der Waals surface area contributed by atoms with Crippen molar-refractivity contribution in [3.05, 3.63) is 6.42 Å². The molecule has 0 heterocycles. The Labute approximate surface area is 85.3 Å². The van der Waals surface area contributed by atoms with Crippen molar-refractivity contribution in [3.8, 4) is 0 Å². The average Bonchev–Trinajstić information content (AvgIpc) is 2.01. The molecule has 0 spiro atoms. The van der Waals surface area contributed by atoms with Gasteiger partial charge < -0.3 is 6.42 Å². The van der Waals surface area contributed by atoms with E-state index in [0.717, 1.165) is 0 Å². The largest absolute Gasteiger partial charge is 1.00 e. The molecule has 0 atom stereocenters. The number of hydrogen-bond donors (Lipinski definition) is 0. The Morgan fingerprint density at radius 1 is 0.909 bits per heavy atom. The van der Waals surface area contributed by atoms with Gasteiger partial charge in [-0.3, -0.25) is 0 Å². The van der Waals surface area contributed by atoms with Crippen LogP contribution < -0.4 is 18.9 Å². The quantitative estimate of drug-likeness (QED) is 0.321. The van der Waals surface area contributed by atoms with Crippen LogP contribution in [0.4, 0.5) is 0 Å². The van der Waals surface area contributed by atoms with Crippen LogP contribution in [0.3, 0.4) is 0 Å². The van der Waals surface area contributed by atoms with E-state index in [-0.39, 0.29) is 18.9 Å². The fourth-order valence-electron chi connectivity index (χ4n) is 0.500. The summed E-state index contributed by atoms with van der Waals surface area (Å²) in [4.78, 5) is 0. The summed E-state index contributed by atoms with van der Waals surface area (Å²) in [7, 11) is 0. The number of hydrogen-bond acceptors (Lipinski definition) is 0. The first-order valence-corrected chi connectivity index (χ1v) is 4.61. The molecule has 0 amide bonds. The second-order valence-electron chi connectivity index (χ2n) is 2.52. The standard InChI is InChI=1S/C6H14.C4H9.Li/c1-3-5-6-4-2;1-3-4-2;/h3-6H2,1-2H3;3H,4H2,1-2H3;/q;-1;+1. The minimum absolute atomic E-state index is 0. The maximum atomic E-state index is 2.23. The topological polar surface area (TPSA) is 0 Å². The van der Waals surface area contributed by atoms with Crippen LogP contribution in [-0.2, 0) is 0 Å². The van der Waals surface area contributed by atoms with Gasteiger partial charge in [-0.15, -0.1) is 0 Å². The zero-order valence-corrected chi connectivity index (χ0v) is 9.11. The molecular weight excluding hydrogens is 127 g/mol. The third kappa shape index (κ3) is 37.1. The summed E-state index contributed by atoms with van der Waals surface area (Å²) in [5, 5.41) is 0. The van der Waals surface area contributed by atoms with Gasteiger partial charge in [0.25, 0.3) is 0 Å². The third-order valence-corrected chi connectivity index (χ3v) is 1.37. The Hall–Kier alpha value is 0.597. The van der Waals surface area contributed by atoms with Gasteiger partial charge in [-0.05, 0) is 0 Å². The fourth-order valence-corrected chi connectivity index (χ4v) is 0.500. The maximum absolute atomic E-state index is 2.23. The third-order valence-electron chi connectivity index (χ3n) is 1.37. The van der Waals surface area contributed by atoms with E-state index in [1.165, 1.54) is 32.1 Å². The van der Waals surface area contributed by atoms with Crippen molar-refractivity contribution in [3.63, 3.8) is 0 Å². The molecule has 0 aliphatic heterocycles. The second-order valence-corrected chi connectivity index (χ2v) is 2.52. The summed E-state index contributed by atoms with van der Waals surface area (Å²) < 4.78 is 0. The first-order chi connectivity index (χ1) is 4.83. The summed E-state index contributed by atoms with van der Waals surface area (Å²) in [6.07, 6.45) is 8.86. The van der Waals surface area contributed by atoms with Crippen LogP contribution in [0, 0.1) is 6.42 Å². The molecule has 0 rings (SSSR count). The van der Waals surface area contributed by atoms with Crippen LogP contribution in [-0.4, -0.2) is 0 Å². The van der Waals surface area contributed by atoms with E-state index in [1.54, 1.807) is 0 Å². The summed E-state index contributed by atoms with van der Waals surface area (Å²) >= 11 is 0. The Morgan fingerprint density at radius 2 is 1.18 bits per heavy atom. The van der Waals surface area contributed by atoms with E-state index in [9.17, 15) is 0 Å². The predicted octanol–water partition coefficient (Wildman–Crippen LogP) is 1.21. The minimum Gasteiger partial charge on any atom is -0.332 e. The van der Waals surface area contributed by atoms with Gasteiger partial charge >= 0.3 is 18.9 Å². The molecule has 0 fully saturated rings. The van der Waals surface area contributed by atoms with Crippen LogP contribution in [0.15, 0.2) is 0 Å². The molecule has 0 nitrogen and oxygen atoms in total. The molecule has 0 radical (unpaired) electrons. The van der Waals surface area contributed by atoms with E-state index in [0.29, 0.717) is 0 Å². The molecule has 0 unspecified atom stereocenters. The maximum Gasteiger partial charge on any atom is 1.00 e. The van der Waals surface area contributed by atoms with E-state index in [2.05, 4.69) is 34.1 Å². The van der Waals surface area contributed by atoms with E-state index in [1.807, 2.05) is 0 Å². The zero-order valence-electron chi connectivity index (χ0n) is 9.11. The Bertz CT molecular complexity index is 29.9. The molecule has 0 bridgehead atoms. The van der Waals surface area contributed by atoms with Gasteiger partial charge in [-0.2, -0.15) is 13.3 Å².